The zero-order valence-electron chi connectivity index (χ0n) is 68.4. The van der Waals surface area contributed by atoms with E-state index in [4.69, 9.17) is 47.4 Å². The minimum atomic E-state index is -0.851. The Labute approximate surface area is 667 Å². The molecule has 8 N–H and O–H groups in total. The number of ether oxygens (including phenoxy) is 10. The Morgan fingerprint density at radius 2 is 0.821 bits per heavy atom. The Morgan fingerprint density at radius 1 is 0.464 bits per heavy atom. The lowest BCUT2D eigenvalue weighted by Gasteiger charge is -2.31. The molecule has 1 unspecified atom stereocenters. The smallest absolute Gasteiger partial charge is 0.407 e. The van der Waals surface area contributed by atoms with Gasteiger partial charge in [0.15, 0.2) is 0 Å². The summed E-state index contributed by atoms with van der Waals surface area (Å²) in [5, 5.41) is 42.0. The third-order valence-electron chi connectivity index (χ3n) is 26.0. The molecule has 24 nitrogen and oxygen atoms in total. The lowest BCUT2D eigenvalue weighted by Crippen LogP contribution is -2.39. The summed E-state index contributed by atoms with van der Waals surface area (Å²) < 4.78 is 58.9. The maximum atomic E-state index is 12.9. The second-order valence-electron chi connectivity index (χ2n) is 35.0. The van der Waals surface area contributed by atoms with Crippen LogP contribution in [0.3, 0.4) is 0 Å². The highest BCUT2D eigenvalue weighted by molar-refractivity contribution is 5.91. The van der Waals surface area contributed by atoms with Crippen LogP contribution in [0, 0.1) is 41.4 Å². The predicted octanol–water partition coefficient (Wildman–Crippen LogP) is 14.0. The number of allylic oxidation sites excluding steroid dienone is 4. The summed E-state index contributed by atoms with van der Waals surface area (Å²) in [4.78, 5) is 75.6. The third kappa shape index (κ3) is 27.9. The molecule has 24 heteroatoms. The van der Waals surface area contributed by atoms with Gasteiger partial charge in [-0.2, -0.15) is 0 Å². The number of aliphatic hydroxyl groups excluding tert-OH is 1. The van der Waals surface area contributed by atoms with Crippen LogP contribution in [0.15, 0.2) is 70.9 Å². The first kappa shape index (κ1) is 88.5. The van der Waals surface area contributed by atoms with E-state index >= 15 is 0 Å². The van der Waals surface area contributed by atoms with Crippen molar-refractivity contribution in [3.8, 4) is 0 Å². The number of nitrogens with one attached hydrogen (secondary N) is 6. The van der Waals surface area contributed by atoms with E-state index in [1.807, 2.05) is 6.92 Å². The SMILES string of the molecule is C=C1C(=O)O[C@H]2[C@H]1CC/C(COC(=O)NCCCCCCCCNCC1CO[C@@H]3C[C@](C)(O)CC/C=C(/COC(=O)NCCCCCCCCNC(=O)OC/C4=C/CC[C@H](C)[C@@H](O)[C@H]5OC[C@@H](CNCCCCCCCCNC(=O)OC/C6=C/CC[C@@]7(C)O[C@H]7[C@H]7OC(=O)C(=C)[C@@H]7CC6)[C@@H]5CC4)CC[C@@H]13)=C\CC[C@@]1(C)O[C@@H]21. The molecule has 6 heterocycles. The average Bonchev–Trinajstić information content (AvgIpc) is 1.58. The summed E-state index contributed by atoms with van der Waals surface area (Å²) in [6.07, 6.45) is 37.1. The molecule has 6 saturated heterocycles. The number of fused-ring (bicyclic) bond motifs is 8. The predicted molar refractivity (Wildman–Crippen MR) is 428 cm³/mol. The van der Waals surface area contributed by atoms with E-state index in [-0.39, 0.29) is 116 Å². The van der Waals surface area contributed by atoms with Gasteiger partial charge < -0.3 is 89.5 Å². The number of epoxide rings is 2. The molecule has 0 radical (unpaired) electrons. The number of rotatable bonds is 39. The summed E-state index contributed by atoms with van der Waals surface area (Å²) in [5.74, 6) is 0.351. The van der Waals surface area contributed by atoms with Crippen molar-refractivity contribution in [3.05, 3.63) is 70.9 Å². The van der Waals surface area contributed by atoms with Crippen molar-refractivity contribution in [2.45, 2.75) is 312 Å². The van der Waals surface area contributed by atoms with Gasteiger partial charge >= 0.3 is 36.3 Å². The van der Waals surface area contributed by atoms with Crippen LogP contribution in [0.2, 0.25) is 0 Å². The highest BCUT2D eigenvalue weighted by atomic mass is 16.7. The number of esters is 2. The molecule has 0 aromatic heterocycles. The van der Waals surface area contributed by atoms with Crippen molar-refractivity contribution in [2.24, 2.45) is 41.4 Å². The lowest BCUT2D eigenvalue weighted by atomic mass is 9.79. The Kier molecular flexibility index (Phi) is 35.6. The molecular weight excluding hydrogens is 1430 g/mol. The molecule has 6 aliphatic heterocycles. The molecule has 0 aromatic carbocycles. The van der Waals surface area contributed by atoms with Crippen LogP contribution >= 0.6 is 0 Å². The van der Waals surface area contributed by atoms with Gasteiger partial charge in [0.25, 0.3) is 0 Å². The van der Waals surface area contributed by atoms with Gasteiger partial charge in [-0.3, -0.25) is 0 Å². The number of aliphatic hydroxyl groups is 2. The van der Waals surface area contributed by atoms with E-state index in [0.717, 1.165) is 228 Å². The zero-order valence-corrected chi connectivity index (χ0v) is 68.4. The van der Waals surface area contributed by atoms with Gasteiger partial charge in [0, 0.05) is 80.5 Å². The van der Waals surface area contributed by atoms with Crippen molar-refractivity contribution in [1.82, 2.24) is 31.9 Å². The van der Waals surface area contributed by atoms with Gasteiger partial charge in [-0.05, 0) is 215 Å². The summed E-state index contributed by atoms with van der Waals surface area (Å²) in [6, 6.07) is 0. The Hall–Kier alpha value is -5.86. The minimum Gasteiger partial charge on any atom is -0.455 e. The van der Waals surface area contributed by atoms with E-state index < -0.39 is 36.1 Å². The van der Waals surface area contributed by atoms with Crippen molar-refractivity contribution in [2.75, 3.05) is 92.0 Å². The lowest BCUT2D eigenvalue weighted by molar-refractivity contribution is -0.140. The van der Waals surface area contributed by atoms with Crippen LogP contribution < -0.4 is 31.9 Å². The van der Waals surface area contributed by atoms with Gasteiger partial charge in [-0.15, -0.1) is 0 Å². The summed E-state index contributed by atoms with van der Waals surface area (Å²) >= 11 is 0. The minimum absolute atomic E-state index is 0.0125. The summed E-state index contributed by atoms with van der Waals surface area (Å²) in [5.41, 5.74) is 3.85. The summed E-state index contributed by atoms with van der Waals surface area (Å²) in [7, 11) is 0. The molecule has 0 bridgehead atoms. The number of alkyl carbamates (subject to hydrolysis) is 4. The van der Waals surface area contributed by atoms with E-state index in [1.54, 1.807) is 0 Å². The van der Waals surface area contributed by atoms with Crippen molar-refractivity contribution in [3.63, 3.8) is 0 Å². The maximum Gasteiger partial charge on any atom is 0.407 e. The highest BCUT2D eigenvalue weighted by Crippen LogP contribution is 2.52. The van der Waals surface area contributed by atoms with E-state index in [9.17, 15) is 39.0 Å². The largest absolute Gasteiger partial charge is 0.455 e. The topological polar surface area (TPSA) is 314 Å². The van der Waals surface area contributed by atoms with E-state index in [1.165, 1.54) is 0 Å². The highest BCUT2D eigenvalue weighted by Gasteiger charge is 2.63. The number of amides is 4. The van der Waals surface area contributed by atoms with Crippen molar-refractivity contribution in [1.29, 1.82) is 0 Å². The first-order chi connectivity index (χ1) is 54.2. The Morgan fingerprint density at radius 3 is 1.25 bits per heavy atom. The fourth-order valence-corrected chi connectivity index (χ4v) is 18.5. The molecule has 17 atom stereocenters. The maximum absolute atomic E-state index is 12.9. The van der Waals surface area contributed by atoms with Crippen LogP contribution in [0.25, 0.3) is 0 Å². The molecule has 112 heavy (non-hydrogen) atoms. The van der Waals surface area contributed by atoms with Crippen molar-refractivity contribution < 1.29 is 86.3 Å². The molecule has 10 aliphatic rings. The molecule has 0 spiro atoms. The zero-order chi connectivity index (χ0) is 79.3. The second kappa shape index (κ2) is 45.0. The van der Waals surface area contributed by atoms with Gasteiger partial charge in [0.1, 0.15) is 50.8 Å². The number of hydrogen-bond acceptors (Lipinski definition) is 20. The van der Waals surface area contributed by atoms with Crippen LogP contribution in [-0.4, -0.2) is 198 Å². The van der Waals surface area contributed by atoms with Crippen LogP contribution in [0.4, 0.5) is 19.2 Å². The molecule has 630 valence electrons. The van der Waals surface area contributed by atoms with Crippen LogP contribution in [0.1, 0.15) is 252 Å². The fourth-order valence-electron chi connectivity index (χ4n) is 18.5. The van der Waals surface area contributed by atoms with Crippen LogP contribution in [-0.2, 0) is 57.0 Å². The molecule has 4 aliphatic carbocycles. The standard InChI is InChI=1S/C88H140N6O18/c1-60-29-25-30-63(37-41-72-68(59-104-75(72)74(60)95)53-90-46-20-14-8-10-16-22-48-94-85(101)108-57-66-33-28-44-88(6)79(112-88)77-70(39-35-66)62(3)81(97)110-77)54-105-82(98)91-49-23-17-11-12-18-24-50-92-83(99)106-55-64-31-26-42-86(4,102)51-73-71(40-36-64)67(58-103-73)52-89-45-19-13-7-9-15-21-47-93-84(100)107-56-65-32-27-43-87(5)78(111-87)76-69(38-34-65)61(2)80(96)109-76/h30-33,60,67-79,89-90,95,102H,2-3,7-29,34-59H2,1,4-6H3,(H,91,98)(H,92,99)(H,93,100)(H,94,101)/b63-30+,64-31+,65-32+,66-33+/t60-,67?,68+,69-,70-,71-,72-,73+,74+,75-,76-,77-,78-,79-,86+,87+,88+/m0/s1. The fraction of sp³-hybridized carbons (Fsp3) is 0.795. The average molecular weight is 1570 g/mol. The molecule has 10 rings (SSSR count). The number of hydrogen-bond donors (Lipinski definition) is 8. The quantitative estimate of drug-likeness (QED) is 0.00708. The second-order valence-corrected chi connectivity index (χ2v) is 35.0. The van der Waals surface area contributed by atoms with Crippen LogP contribution in [0.5, 0.6) is 0 Å². The molecule has 4 amide bonds. The molecule has 0 aromatic rings. The molecule has 6 fully saturated rings. The monoisotopic (exact) mass is 1570 g/mol. The van der Waals surface area contributed by atoms with Crippen molar-refractivity contribution >= 4 is 36.3 Å². The first-order valence-corrected chi connectivity index (χ1v) is 43.7. The van der Waals surface area contributed by atoms with Gasteiger partial charge in [-0.25, -0.2) is 28.8 Å². The molecular formula is C88H140N6O18. The number of carbonyl (C=O) groups excluding carboxylic acids is 6. The molecule has 0 saturated carbocycles. The number of unbranched alkanes of at least 4 members (excludes halogenated alkanes) is 15. The Balaban J connectivity index is 0.500. The van der Waals surface area contributed by atoms with E-state index in [2.05, 4.69) is 90.1 Å². The summed E-state index contributed by atoms with van der Waals surface area (Å²) in [6.45, 7) is 24.2. The number of carbonyl (C=O) groups is 6. The van der Waals surface area contributed by atoms with E-state index in [0.29, 0.717) is 107 Å². The first-order valence-electron chi connectivity index (χ1n) is 43.7. The van der Waals surface area contributed by atoms with Gasteiger partial charge in [0.05, 0.1) is 48.3 Å². The third-order valence-corrected chi connectivity index (χ3v) is 26.0. The van der Waals surface area contributed by atoms with Gasteiger partial charge in [-0.1, -0.05) is 121 Å². The van der Waals surface area contributed by atoms with Gasteiger partial charge in [0.2, 0.25) is 0 Å². The normalized spacial score (nSPS) is 33.8. The Bertz CT molecular complexity index is 3190.